The van der Waals surface area contributed by atoms with E-state index in [0.29, 0.717) is 0 Å². The average Bonchev–Trinajstić information content (AvgIpc) is 2.39. The van der Waals surface area contributed by atoms with Gasteiger partial charge in [0.1, 0.15) is 11.6 Å². The van der Waals surface area contributed by atoms with E-state index in [0.717, 1.165) is 31.9 Å². The Balaban J connectivity index is 2.31. The standard InChI is InChI=1S/C11H12N4O2/c12-8-9-7-10(1-2-11(9)15(16)17)14-5-3-13-4-6-14/h1-2,7,13H,3-6H2. The molecule has 1 fully saturated rings. The van der Waals surface area contributed by atoms with Gasteiger partial charge in [-0.3, -0.25) is 10.1 Å². The molecular formula is C11H12N4O2. The third-order valence-corrected chi connectivity index (χ3v) is 2.78. The van der Waals surface area contributed by atoms with Crippen LogP contribution in [0.5, 0.6) is 0 Å². The van der Waals surface area contributed by atoms with Crippen molar-refractivity contribution in [1.29, 1.82) is 5.26 Å². The highest BCUT2D eigenvalue weighted by Gasteiger charge is 2.17. The molecule has 6 nitrogen and oxygen atoms in total. The first-order valence-corrected chi connectivity index (χ1v) is 5.36. The molecule has 1 aromatic rings. The fourth-order valence-corrected chi connectivity index (χ4v) is 1.89. The van der Waals surface area contributed by atoms with E-state index < -0.39 is 4.92 Å². The summed E-state index contributed by atoms with van der Waals surface area (Å²) >= 11 is 0. The molecule has 1 aromatic carbocycles. The molecule has 6 heteroatoms. The SMILES string of the molecule is N#Cc1cc(N2CCNCC2)ccc1[N+](=O)[O-]. The minimum atomic E-state index is -0.528. The first-order chi connectivity index (χ1) is 8.22. The van der Waals surface area contributed by atoms with Gasteiger partial charge in [-0.1, -0.05) is 0 Å². The van der Waals surface area contributed by atoms with Gasteiger partial charge >= 0.3 is 0 Å². The van der Waals surface area contributed by atoms with Gasteiger partial charge in [-0.2, -0.15) is 5.26 Å². The monoisotopic (exact) mass is 232 g/mol. The summed E-state index contributed by atoms with van der Waals surface area (Å²) in [5, 5.41) is 22.8. The van der Waals surface area contributed by atoms with E-state index in [9.17, 15) is 10.1 Å². The lowest BCUT2D eigenvalue weighted by Gasteiger charge is -2.29. The summed E-state index contributed by atoms with van der Waals surface area (Å²) in [6.45, 7) is 3.48. The van der Waals surface area contributed by atoms with Gasteiger partial charge in [-0.25, -0.2) is 0 Å². The lowest BCUT2D eigenvalue weighted by molar-refractivity contribution is -0.385. The summed E-state index contributed by atoms with van der Waals surface area (Å²) in [7, 11) is 0. The molecule has 0 unspecified atom stereocenters. The summed E-state index contributed by atoms with van der Waals surface area (Å²) in [5.74, 6) is 0. The van der Waals surface area contributed by atoms with Crippen molar-refractivity contribution in [2.75, 3.05) is 31.1 Å². The largest absolute Gasteiger partial charge is 0.369 e. The maximum Gasteiger partial charge on any atom is 0.287 e. The number of benzene rings is 1. The summed E-state index contributed by atoms with van der Waals surface area (Å²) in [4.78, 5) is 12.3. The number of hydrogen-bond donors (Lipinski definition) is 1. The van der Waals surface area contributed by atoms with Crippen LogP contribution in [0.4, 0.5) is 11.4 Å². The van der Waals surface area contributed by atoms with E-state index in [1.54, 1.807) is 12.1 Å². The van der Waals surface area contributed by atoms with Gasteiger partial charge in [0, 0.05) is 37.9 Å². The number of nitro groups is 1. The van der Waals surface area contributed by atoms with Gasteiger partial charge in [0.15, 0.2) is 0 Å². The smallest absolute Gasteiger partial charge is 0.287 e. The number of anilines is 1. The Bertz CT molecular complexity index is 475. The molecule has 1 heterocycles. The van der Waals surface area contributed by atoms with Crippen LogP contribution in [-0.4, -0.2) is 31.1 Å². The second-order valence-electron chi connectivity index (χ2n) is 3.81. The third-order valence-electron chi connectivity index (χ3n) is 2.78. The van der Waals surface area contributed by atoms with E-state index in [1.807, 2.05) is 6.07 Å². The molecule has 0 radical (unpaired) electrons. The number of nitriles is 1. The molecule has 1 saturated heterocycles. The summed E-state index contributed by atoms with van der Waals surface area (Å²) < 4.78 is 0. The van der Waals surface area contributed by atoms with Crippen molar-refractivity contribution in [2.24, 2.45) is 0 Å². The Kier molecular flexibility index (Phi) is 3.21. The molecule has 2 rings (SSSR count). The zero-order valence-corrected chi connectivity index (χ0v) is 9.22. The minimum Gasteiger partial charge on any atom is -0.369 e. The zero-order chi connectivity index (χ0) is 12.3. The van der Waals surface area contributed by atoms with Crippen molar-refractivity contribution in [3.63, 3.8) is 0 Å². The molecule has 0 saturated carbocycles. The molecule has 1 N–H and O–H groups in total. The molecule has 0 aliphatic carbocycles. The molecular weight excluding hydrogens is 220 g/mol. The number of piperazine rings is 1. The number of rotatable bonds is 2. The molecule has 17 heavy (non-hydrogen) atoms. The highest BCUT2D eigenvalue weighted by atomic mass is 16.6. The van der Waals surface area contributed by atoms with Gasteiger partial charge in [-0.15, -0.1) is 0 Å². The van der Waals surface area contributed by atoms with Crippen LogP contribution in [0.25, 0.3) is 0 Å². The van der Waals surface area contributed by atoms with Crippen LogP contribution < -0.4 is 10.2 Å². The minimum absolute atomic E-state index is 0.117. The number of nitrogens with one attached hydrogen (secondary N) is 1. The van der Waals surface area contributed by atoms with E-state index in [2.05, 4.69) is 10.2 Å². The van der Waals surface area contributed by atoms with Crippen LogP contribution in [0.15, 0.2) is 18.2 Å². The van der Waals surface area contributed by atoms with Crippen LogP contribution >= 0.6 is 0 Å². The number of nitrogens with zero attached hydrogens (tertiary/aromatic N) is 3. The lowest BCUT2D eigenvalue weighted by atomic mass is 10.1. The number of nitro benzene ring substituents is 1. The maximum atomic E-state index is 10.7. The van der Waals surface area contributed by atoms with Gasteiger partial charge in [0.25, 0.3) is 5.69 Å². The van der Waals surface area contributed by atoms with Crippen molar-refractivity contribution in [3.05, 3.63) is 33.9 Å². The first-order valence-electron chi connectivity index (χ1n) is 5.36. The highest BCUT2D eigenvalue weighted by molar-refractivity contribution is 5.60. The maximum absolute atomic E-state index is 10.7. The topological polar surface area (TPSA) is 82.2 Å². The Hall–Kier alpha value is -2.13. The molecule has 1 aliphatic rings. The van der Waals surface area contributed by atoms with Crippen LogP contribution in [0.3, 0.4) is 0 Å². The van der Waals surface area contributed by atoms with Gasteiger partial charge < -0.3 is 10.2 Å². The molecule has 1 aliphatic heterocycles. The van der Waals surface area contributed by atoms with Crippen LogP contribution in [0, 0.1) is 21.4 Å². The fraction of sp³-hybridized carbons (Fsp3) is 0.364. The van der Waals surface area contributed by atoms with Crippen molar-refractivity contribution in [2.45, 2.75) is 0 Å². The second kappa shape index (κ2) is 4.80. The fourth-order valence-electron chi connectivity index (χ4n) is 1.89. The molecule has 0 spiro atoms. The Morgan fingerprint density at radius 3 is 2.71 bits per heavy atom. The number of hydrogen-bond acceptors (Lipinski definition) is 5. The summed E-state index contributed by atoms with van der Waals surface area (Å²) in [5.41, 5.74) is 0.853. The Morgan fingerprint density at radius 1 is 1.41 bits per heavy atom. The zero-order valence-electron chi connectivity index (χ0n) is 9.22. The predicted octanol–water partition coefficient (Wildman–Crippen LogP) is 0.876. The van der Waals surface area contributed by atoms with Gasteiger partial charge in [0.05, 0.1) is 4.92 Å². The highest BCUT2D eigenvalue weighted by Crippen LogP contribution is 2.24. The van der Waals surface area contributed by atoms with Crippen LogP contribution in [0.2, 0.25) is 0 Å². The van der Waals surface area contributed by atoms with Crippen molar-refractivity contribution >= 4 is 11.4 Å². The van der Waals surface area contributed by atoms with Crippen molar-refractivity contribution < 1.29 is 4.92 Å². The Labute approximate surface area is 98.6 Å². The quantitative estimate of drug-likeness (QED) is 0.604. The summed E-state index contributed by atoms with van der Waals surface area (Å²) in [6, 6.07) is 6.56. The molecule has 0 bridgehead atoms. The lowest BCUT2D eigenvalue weighted by Crippen LogP contribution is -2.43. The Morgan fingerprint density at radius 2 is 2.12 bits per heavy atom. The molecule has 88 valence electrons. The van der Waals surface area contributed by atoms with E-state index in [1.165, 1.54) is 6.07 Å². The van der Waals surface area contributed by atoms with Crippen molar-refractivity contribution in [3.8, 4) is 6.07 Å². The molecule has 0 atom stereocenters. The normalized spacial score (nSPS) is 15.4. The third kappa shape index (κ3) is 2.34. The van der Waals surface area contributed by atoms with E-state index in [4.69, 9.17) is 5.26 Å². The predicted molar refractivity (Wildman–Crippen MR) is 62.9 cm³/mol. The first kappa shape index (κ1) is 11.4. The van der Waals surface area contributed by atoms with E-state index in [-0.39, 0.29) is 11.3 Å². The van der Waals surface area contributed by atoms with Crippen LogP contribution in [0.1, 0.15) is 5.56 Å². The second-order valence-corrected chi connectivity index (χ2v) is 3.81. The molecule has 0 aromatic heterocycles. The average molecular weight is 232 g/mol. The van der Waals surface area contributed by atoms with Crippen molar-refractivity contribution in [1.82, 2.24) is 5.32 Å². The van der Waals surface area contributed by atoms with Gasteiger partial charge in [-0.05, 0) is 12.1 Å². The molecule has 0 amide bonds. The van der Waals surface area contributed by atoms with Crippen LogP contribution in [-0.2, 0) is 0 Å². The van der Waals surface area contributed by atoms with E-state index >= 15 is 0 Å². The summed E-state index contributed by atoms with van der Waals surface area (Å²) in [6.07, 6.45) is 0. The van der Waals surface area contributed by atoms with Gasteiger partial charge in [0.2, 0.25) is 0 Å².